The summed E-state index contributed by atoms with van der Waals surface area (Å²) in [6, 6.07) is 3.96. The monoisotopic (exact) mass is 427 g/mol. The Hall–Kier alpha value is -2.26. The van der Waals surface area contributed by atoms with Gasteiger partial charge in [0.1, 0.15) is 11.6 Å². The predicted molar refractivity (Wildman–Crippen MR) is 103 cm³/mol. The van der Waals surface area contributed by atoms with E-state index in [4.69, 9.17) is 21.1 Å². The average Bonchev–Trinajstić information content (AvgIpc) is 2.64. The van der Waals surface area contributed by atoms with E-state index in [2.05, 4.69) is 15.8 Å². The van der Waals surface area contributed by atoms with Crippen LogP contribution >= 0.6 is 11.6 Å². The van der Waals surface area contributed by atoms with Gasteiger partial charge in [-0.25, -0.2) is 4.39 Å². The first-order valence-electron chi connectivity index (χ1n) is 9.30. The molecule has 3 fully saturated rings. The molecule has 158 valence electrons. The smallest absolute Gasteiger partial charge is 0.258 e. The quantitative estimate of drug-likeness (QED) is 0.526. The summed E-state index contributed by atoms with van der Waals surface area (Å²) >= 11 is 5.60. The zero-order valence-electron chi connectivity index (χ0n) is 16.0. The van der Waals surface area contributed by atoms with Crippen LogP contribution in [0, 0.1) is 16.1 Å². The van der Waals surface area contributed by atoms with Gasteiger partial charge in [-0.2, -0.15) is 4.91 Å². The second kappa shape index (κ2) is 8.62. The maximum absolute atomic E-state index is 13.4. The fourth-order valence-electron chi connectivity index (χ4n) is 4.10. The molecule has 8 nitrogen and oxygen atoms in total. The number of hydrogen-bond acceptors (Lipinski definition) is 6. The van der Waals surface area contributed by atoms with Crippen molar-refractivity contribution in [2.75, 3.05) is 26.8 Å². The molecule has 1 atom stereocenters. The van der Waals surface area contributed by atoms with Crippen LogP contribution in [-0.4, -0.2) is 50.3 Å². The molecule has 1 unspecified atom stereocenters. The molecule has 0 saturated heterocycles. The molecule has 0 spiro atoms. The highest BCUT2D eigenvalue weighted by Crippen LogP contribution is 2.67. The number of amides is 2. The van der Waals surface area contributed by atoms with E-state index in [-0.39, 0.29) is 47.4 Å². The van der Waals surface area contributed by atoms with Crippen molar-refractivity contribution < 1.29 is 23.5 Å². The van der Waals surface area contributed by atoms with E-state index in [1.165, 1.54) is 19.2 Å². The number of rotatable bonds is 11. The highest BCUT2D eigenvalue weighted by atomic mass is 35.5. The maximum Gasteiger partial charge on any atom is 0.258 e. The Labute approximate surface area is 172 Å². The molecule has 2 amide bonds. The largest absolute Gasteiger partial charge is 0.484 e. The van der Waals surface area contributed by atoms with Crippen molar-refractivity contribution in [1.29, 1.82) is 0 Å². The van der Waals surface area contributed by atoms with Crippen LogP contribution in [0.5, 0.6) is 5.75 Å². The van der Waals surface area contributed by atoms with Crippen LogP contribution < -0.4 is 15.4 Å². The van der Waals surface area contributed by atoms with Gasteiger partial charge >= 0.3 is 0 Å². The number of nitrogens with one attached hydrogen (secondary N) is 2. The number of nitrogens with zero attached hydrogens (tertiary/aromatic N) is 1. The lowest BCUT2D eigenvalue weighted by molar-refractivity contribution is -0.184. The minimum atomic E-state index is -0.616. The van der Waals surface area contributed by atoms with Crippen molar-refractivity contribution in [1.82, 2.24) is 10.6 Å². The number of hydrogen-bond donors (Lipinski definition) is 2. The fraction of sp³-hybridized carbons (Fsp3) is 0.579. The number of methoxy groups -OCH3 is 1. The number of benzene rings is 1. The summed E-state index contributed by atoms with van der Waals surface area (Å²) in [7, 11) is 1.52. The molecule has 3 aliphatic rings. The standard InChI is InChI=1S/C19H23ClFN3O5/c1-28-13(4-5-23-27)7-22-17(26)18-9-19(10-18,11-18)24-16(25)8-29-12-2-3-14(20)15(21)6-12/h2-3,6,13H,4-5,7-11H2,1H3,(H,22,26)(H,24,25). The molecule has 0 aliphatic heterocycles. The lowest BCUT2D eigenvalue weighted by Crippen LogP contribution is -2.78. The van der Waals surface area contributed by atoms with Gasteiger partial charge in [-0.15, -0.1) is 0 Å². The molecule has 2 bridgehead atoms. The molecule has 2 N–H and O–H groups in total. The zero-order chi connectivity index (χ0) is 21.1. The number of carbonyl (C=O) groups excluding carboxylic acids is 2. The van der Waals surface area contributed by atoms with Gasteiger partial charge in [0, 0.05) is 25.3 Å². The van der Waals surface area contributed by atoms with Crippen molar-refractivity contribution in [3.05, 3.63) is 33.9 Å². The van der Waals surface area contributed by atoms with E-state index in [1.807, 2.05) is 0 Å². The predicted octanol–water partition coefficient (Wildman–Crippen LogP) is 2.18. The Kier molecular flexibility index (Phi) is 6.38. The number of halogens is 2. The zero-order valence-corrected chi connectivity index (χ0v) is 16.8. The van der Waals surface area contributed by atoms with E-state index >= 15 is 0 Å². The van der Waals surface area contributed by atoms with Gasteiger partial charge in [0.2, 0.25) is 5.91 Å². The number of ether oxygens (including phenoxy) is 2. The third kappa shape index (κ3) is 4.67. The van der Waals surface area contributed by atoms with E-state index in [0.29, 0.717) is 32.2 Å². The summed E-state index contributed by atoms with van der Waals surface area (Å²) in [6.45, 7) is 0.207. The van der Waals surface area contributed by atoms with Crippen LogP contribution in [-0.2, 0) is 14.3 Å². The third-order valence-corrected chi connectivity index (χ3v) is 5.85. The summed E-state index contributed by atoms with van der Waals surface area (Å²) in [5.74, 6) is -0.791. The first kappa shape index (κ1) is 21.4. The first-order valence-corrected chi connectivity index (χ1v) is 9.68. The van der Waals surface area contributed by atoms with Crippen LogP contribution in [0.4, 0.5) is 4.39 Å². The second-order valence-electron chi connectivity index (χ2n) is 7.71. The highest BCUT2D eigenvalue weighted by Gasteiger charge is 2.72. The van der Waals surface area contributed by atoms with Crippen LogP contribution in [0.1, 0.15) is 25.7 Å². The van der Waals surface area contributed by atoms with Gasteiger partial charge in [-0.3, -0.25) is 9.59 Å². The summed E-state index contributed by atoms with van der Waals surface area (Å²) < 4.78 is 23.9. The Balaban J connectivity index is 1.38. The normalized spacial score (nSPS) is 25.2. The molecule has 3 saturated carbocycles. The second-order valence-corrected chi connectivity index (χ2v) is 8.12. The van der Waals surface area contributed by atoms with E-state index < -0.39 is 11.2 Å². The Bertz CT molecular complexity index is 786. The minimum Gasteiger partial charge on any atom is -0.484 e. The van der Waals surface area contributed by atoms with Gasteiger partial charge in [-0.05, 0) is 37.8 Å². The Morgan fingerprint density at radius 3 is 2.69 bits per heavy atom. The average molecular weight is 428 g/mol. The minimum absolute atomic E-state index is 0.0172. The maximum atomic E-state index is 13.4. The molecule has 4 rings (SSSR count). The number of carbonyl (C=O) groups is 2. The summed E-state index contributed by atoms with van der Waals surface area (Å²) in [5.41, 5.74) is -0.820. The van der Waals surface area contributed by atoms with Gasteiger partial charge in [0.05, 0.1) is 23.1 Å². The fourth-order valence-corrected chi connectivity index (χ4v) is 4.22. The van der Waals surface area contributed by atoms with Crippen LogP contribution in [0.15, 0.2) is 23.4 Å². The lowest BCUT2D eigenvalue weighted by atomic mass is 9.39. The van der Waals surface area contributed by atoms with Gasteiger partial charge in [0.25, 0.3) is 5.91 Å². The molecular formula is C19H23ClFN3O5. The van der Waals surface area contributed by atoms with Gasteiger partial charge in [-0.1, -0.05) is 16.8 Å². The number of nitroso groups, excluding NO2 is 1. The van der Waals surface area contributed by atoms with Crippen LogP contribution in [0.2, 0.25) is 5.02 Å². The molecule has 3 aliphatic carbocycles. The third-order valence-electron chi connectivity index (χ3n) is 5.54. The molecule has 0 radical (unpaired) electrons. The Morgan fingerprint density at radius 1 is 1.34 bits per heavy atom. The van der Waals surface area contributed by atoms with Crippen molar-refractivity contribution >= 4 is 23.4 Å². The molecule has 0 heterocycles. The van der Waals surface area contributed by atoms with Crippen molar-refractivity contribution in [2.45, 2.75) is 37.3 Å². The van der Waals surface area contributed by atoms with E-state index in [9.17, 15) is 18.9 Å². The van der Waals surface area contributed by atoms with Gasteiger partial charge < -0.3 is 20.1 Å². The molecule has 1 aromatic carbocycles. The SMILES string of the molecule is COC(CCN=O)CNC(=O)C12CC(NC(=O)COc3ccc(Cl)c(F)c3)(C1)C2. The highest BCUT2D eigenvalue weighted by molar-refractivity contribution is 6.30. The van der Waals surface area contributed by atoms with Crippen molar-refractivity contribution in [3.63, 3.8) is 0 Å². The van der Waals surface area contributed by atoms with E-state index in [1.54, 1.807) is 0 Å². The summed E-state index contributed by atoms with van der Waals surface area (Å²) in [6.07, 6.45) is 1.90. The molecule has 0 aromatic heterocycles. The van der Waals surface area contributed by atoms with Gasteiger partial charge in [0.15, 0.2) is 6.61 Å². The molecule has 1 aromatic rings. The molecular weight excluding hydrogens is 405 g/mol. The van der Waals surface area contributed by atoms with Crippen LogP contribution in [0.3, 0.4) is 0 Å². The van der Waals surface area contributed by atoms with Crippen LogP contribution in [0.25, 0.3) is 0 Å². The Morgan fingerprint density at radius 2 is 2.07 bits per heavy atom. The first-order chi connectivity index (χ1) is 13.8. The molecule has 10 heteroatoms. The summed E-state index contributed by atoms with van der Waals surface area (Å²) in [5, 5.41) is 8.54. The topological polar surface area (TPSA) is 106 Å². The van der Waals surface area contributed by atoms with E-state index in [0.717, 1.165) is 6.07 Å². The molecule has 29 heavy (non-hydrogen) atoms. The summed E-state index contributed by atoms with van der Waals surface area (Å²) in [4.78, 5) is 34.8. The van der Waals surface area contributed by atoms with Crippen molar-refractivity contribution in [3.8, 4) is 5.75 Å². The lowest BCUT2D eigenvalue weighted by Gasteiger charge is -2.69. The van der Waals surface area contributed by atoms with Crippen molar-refractivity contribution in [2.24, 2.45) is 10.6 Å².